The van der Waals surface area contributed by atoms with Gasteiger partial charge in [0, 0.05) is 21.0 Å². The Morgan fingerprint density at radius 3 is 2.54 bits per heavy atom. The van der Waals surface area contributed by atoms with Crippen LogP contribution in [0, 0.1) is 9.39 Å². The van der Waals surface area contributed by atoms with Gasteiger partial charge in [0.05, 0.1) is 22.7 Å². The second kappa shape index (κ2) is 8.04. The molecule has 0 saturated heterocycles. The Kier molecular flexibility index (Phi) is 5.90. The molecular formula is C20H17FINO4S. The standard InChI is InChI=1S/C20H17FINO4S/c1-3-27-20(24)13(2)11-18-19(22)16-12-14(21)9-10-17(16)23(18)28(25,26)15-7-5-4-6-8-15/h4-10,12H,2-3,11H2,1H3. The fraction of sp³-hybridized carbons (Fsp3) is 0.150. The van der Waals surface area contributed by atoms with Crippen LogP contribution in [0.1, 0.15) is 12.6 Å². The summed E-state index contributed by atoms with van der Waals surface area (Å²) in [6.07, 6.45) is -0.0422. The number of carbonyl (C=O) groups excluding carboxylic acids is 1. The van der Waals surface area contributed by atoms with Crippen molar-refractivity contribution >= 4 is 49.5 Å². The van der Waals surface area contributed by atoms with Crippen molar-refractivity contribution in [3.8, 4) is 0 Å². The number of hydrogen-bond acceptors (Lipinski definition) is 4. The molecule has 0 aliphatic heterocycles. The fourth-order valence-corrected chi connectivity index (χ4v) is 5.48. The molecule has 0 saturated carbocycles. The molecule has 0 atom stereocenters. The minimum Gasteiger partial charge on any atom is -0.463 e. The molecular weight excluding hydrogens is 496 g/mol. The molecule has 0 aliphatic rings. The van der Waals surface area contributed by atoms with Crippen molar-refractivity contribution in [2.75, 3.05) is 6.61 Å². The number of aromatic nitrogens is 1. The van der Waals surface area contributed by atoms with E-state index in [9.17, 15) is 17.6 Å². The van der Waals surface area contributed by atoms with Crippen LogP contribution in [0.3, 0.4) is 0 Å². The summed E-state index contributed by atoms with van der Waals surface area (Å²) in [5.74, 6) is -1.08. The molecule has 1 heterocycles. The van der Waals surface area contributed by atoms with Crippen molar-refractivity contribution in [1.29, 1.82) is 0 Å². The number of fused-ring (bicyclic) bond motifs is 1. The Morgan fingerprint density at radius 2 is 1.89 bits per heavy atom. The maximum atomic E-state index is 13.8. The average molecular weight is 513 g/mol. The van der Waals surface area contributed by atoms with Gasteiger partial charge in [0.25, 0.3) is 10.0 Å². The molecule has 0 bridgehead atoms. The summed E-state index contributed by atoms with van der Waals surface area (Å²) in [5.41, 5.74) is 0.789. The van der Waals surface area contributed by atoms with Crippen LogP contribution in [0.2, 0.25) is 0 Å². The monoisotopic (exact) mass is 513 g/mol. The number of carbonyl (C=O) groups is 1. The predicted molar refractivity (Wildman–Crippen MR) is 113 cm³/mol. The van der Waals surface area contributed by atoms with Crippen LogP contribution in [0.25, 0.3) is 10.9 Å². The van der Waals surface area contributed by atoms with Gasteiger partial charge in [-0.25, -0.2) is 21.6 Å². The quantitative estimate of drug-likeness (QED) is 0.281. The molecule has 0 fully saturated rings. The molecule has 0 amide bonds. The average Bonchev–Trinajstić information content (AvgIpc) is 2.95. The molecule has 0 spiro atoms. The summed E-state index contributed by atoms with van der Waals surface area (Å²) in [4.78, 5) is 12.1. The van der Waals surface area contributed by atoms with Gasteiger partial charge in [-0.05, 0) is 59.8 Å². The van der Waals surface area contributed by atoms with E-state index in [1.165, 1.54) is 30.3 Å². The summed E-state index contributed by atoms with van der Waals surface area (Å²) in [7, 11) is -3.98. The normalized spacial score (nSPS) is 11.5. The van der Waals surface area contributed by atoms with Gasteiger partial charge in [0.1, 0.15) is 5.82 Å². The highest BCUT2D eigenvalue weighted by molar-refractivity contribution is 14.1. The molecule has 2 aromatic carbocycles. The van der Waals surface area contributed by atoms with Gasteiger partial charge >= 0.3 is 5.97 Å². The smallest absolute Gasteiger partial charge is 0.333 e. The minimum absolute atomic E-state index is 0.0422. The van der Waals surface area contributed by atoms with Crippen molar-refractivity contribution in [2.24, 2.45) is 0 Å². The SMILES string of the molecule is C=C(Cc1c(I)c2cc(F)ccc2n1S(=O)(=O)c1ccccc1)C(=O)OCC. The van der Waals surface area contributed by atoms with Crippen LogP contribution in [-0.2, 0) is 26.0 Å². The summed E-state index contributed by atoms with van der Waals surface area (Å²) in [6, 6.07) is 11.9. The molecule has 3 rings (SSSR count). The summed E-state index contributed by atoms with van der Waals surface area (Å²) in [6.45, 7) is 5.59. The van der Waals surface area contributed by atoms with Crippen LogP contribution in [-0.4, -0.2) is 25.0 Å². The Balaban J connectivity index is 2.26. The zero-order valence-corrected chi connectivity index (χ0v) is 18.0. The molecule has 0 radical (unpaired) electrons. The highest BCUT2D eigenvalue weighted by Gasteiger charge is 2.27. The van der Waals surface area contributed by atoms with E-state index in [-0.39, 0.29) is 23.5 Å². The highest BCUT2D eigenvalue weighted by Crippen LogP contribution is 2.33. The molecule has 8 heteroatoms. The van der Waals surface area contributed by atoms with Gasteiger partial charge in [-0.3, -0.25) is 0 Å². The second-order valence-corrected chi connectivity index (χ2v) is 8.87. The number of esters is 1. The van der Waals surface area contributed by atoms with E-state index in [2.05, 4.69) is 6.58 Å². The van der Waals surface area contributed by atoms with Gasteiger partial charge in [0.15, 0.2) is 0 Å². The first kappa shape index (κ1) is 20.5. The van der Waals surface area contributed by atoms with Gasteiger partial charge in [-0.2, -0.15) is 0 Å². The number of nitrogens with zero attached hydrogens (tertiary/aromatic N) is 1. The van der Waals surface area contributed by atoms with Crippen molar-refractivity contribution in [3.05, 3.63) is 75.8 Å². The van der Waals surface area contributed by atoms with Crippen LogP contribution < -0.4 is 0 Å². The predicted octanol–water partition coefficient (Wildman–Crippen LogP) is 4.28. The van der Waals surface area contributed by atoms with Crippen LogP contribution in [0.4, 0.5) is 4.39 Å². The zero-order valence-electron chi connectivity index (χ0n) is 15.0. The lowest BCUT2D eigenvalue weighted by Gasteiger charge is -2.13. The molecule has 1 aromatic heterocycles. The van der Waals surface area contributed by atoms with Gasteiger partial charge in [0.2, 0.25) is 0 Å². The lowest BCUT2D eigenvalue weighted by Crippen LogP contribution is -2.18. The van der Waals surface area contributed by atoms with E-state index in [1.54, 1.807) is 25.1 Å². The number of ether oxygens (including phenoxy) is 1. The third-order valence-corrected chi connectivity index (χ3v) is 7.11. The van der Waals surface area contributed by atoms with E-state index >= 15 is 0 Å². The van der Waals surface area contributed by atoms with E-state index in [1.807, 2.05) is 22.6 Å². The van der Waals surface area contributed by atoms with Gasteiger partial charge < -0.3 is 4.74 Å². The van der Waals surface area contributed by atoms with E-state index in [0.717, 1.165) is 3.97 Å². The van der Waals surface area contributed by atoms with Crippen molar-refractivity contribution < 1.29 is 22.3 Å². The topological polar surface area (TPSA) is 65.4 Å². The minimum atomic E-state index is -3.98. The van der Waals surface area contributed by atoms with Crippen LogP contribution >= 0.6 is 22.6 Å². The molecule has 0 aliphatic carbocycles. The first-order chi connectivity index (χ1) is 13.3. The lowest BCUT2D eigenvalue weighted by molar-refractivity contribution is -0.138. The zero-order chi connectivity index (χ0) is 20.5. The van der Waals surface area contributed by atoms with E-state index in [4.69, 9.17) is 4.74 Å². The number of hydrogen-bond donors (Lipinski definition) is 0. The fourth-order valence-electron chi connectivity index (χ4n) is 2.88. The highest BCUT2D eigenvalue weighted by atomic mass is 127. The summed E-state index contributed by atoms with van der Waals surface area (Å²) >= 11 is 1.97. The van der Waals surface area contributed by atoms with E-state index in [0.29, 0.717) is 20.2 Å². The molecule has 28 heavy (non-hydrogen) atoms. The van der Waals surface area contributed by atoms with Gasteiger partial charge in [-0.15, -0.1) is 0 Å². The Labute approximate surface area is 176 Å². The van der Waals surface area contributed by atoms with Crippen molar-refractivity contribution in [2.45, 2.75) is 18.2 Å². The number of halogens is 2. The maximum Gasteiger partial charge on any atom is 0.333 e. The number of rotatable bonds is 6. The van der Waals surface area contributed by atoms with Crippen LogP contribution in [0.5, 0.6) is 0 Å². The largest absolute Gasteiger partial charge is 0.463 e. The van der Waals surface area contributed by atoms with Crippen LogP contribution in [0.15, 0.2) is 65.6 Å². The van der Waals surface area contributed by atoms with Gasteiger partial charge in [-0.1, -0.05) is 24.8 Å². The number of benzene rings is 2. The lowest BCUT2D eigenvalue weighted by atomic mass is 10.1. The molecule has 3 aromatic rings. The third-order valence-electron chi connectivity index (χ3n) is 4.14. The second-order valence-electron chi connectivity index (χ2n) is 6.01. The first-order valence-corrected chi connectivity index (χ1v) is 10.9. The first-order valence-electron chi connectivity index (χ1n) is 8.41. The Bertz CT molecular complexity index is 1170. The van der Waals surface area contributed by atoms with E-state index < -0.39 is 21.8 Å². The molecule has 0 unspecified atom stereocenters. The Morgan fingerprint density at radius 1 is 1.21 bits per heavy atom. The molecule has 0 N–H and O–H groups in total. The maximum absolute atomic E-state index is 13.8. The molecule has 5 nitrogen and oxygen atoms in total. The third kappa shape index (κ3) is 3.70. The van der Waals surface area contributed by atoms with Crippen molar-refractivity contribution in [1.82, 2.24) is 3.97 Å². The van der Waals surface area contributed by atoms with Crippen molar-refractivity contribution in [3.63, 3.8) is 0 Å². The Hall–Kier alpha value is -2.20. The summed E-state index contributed by atoms with van der Waals surface area (Å²) < 4.78 is 47.2. The molecule has 146 valence electrons. The summed E-state index contributed by atoms with van der Waals surface area (Å²) in [5, 5.41) is 0.451.